The molecule has 0 bridgehead atoms. The molecule has 4 heteroatoms. The molecule has 0 radical (unpaired) electrons. The molecule has 56 valence electrons. The van der Waals surface area contributed by atoms with Crippen LogP contribution >= 0.6 is 0 Å². The molecule has 0 amide bonds. The molecule has 0 spiro atoms. The summed E-state index contributed by atoms with van der Waals surface area (Å²) in [4.78, 5) is 14.3. The number of aliphatic imine (C=N–C) groups is 1. The monoisotopic (exact) mass is 143 g/mol. The van der Waals surface area contributed by atoms with Gasteiger partial charge in [-0.1, -0.05) is 0 Å². The van der Waals surface area contributed by atoms with Crippen molar-refractivity contribution in [2.75, 3.05) is 6.61 Å². The van der Waals surface area contributed by atoms with Gasteiger partial charge in [0.05, 0.1) is 0 Å². The maximum atomic E-state index is 10.5. The summed E-state index contributed by atoms with van der Waals surface area (Å²) in [5.74, 6) is -0.491. The van der Waals surface area contributed by atoms with Crippen LogP contribution < -0.4 is 0 Å². The Balaban J connectivity index is 2.82. The van der Waals surface area contributed by atoms with Gasteiger partial charge in [-0.15, -0.1) is 0 Å². The van der Waals surface area contributed by atoms with Crippen LogP contribution in [0, 0.1) is 0 Å². The largest absolute Gasteiger partial charge is 0.479 e. The number of aliphatic carboxylic acids is 1. The second-order valence-electron chi connectivity index (χ2n) is 2.50. The van der Waals surface area contributed by atoms with Crippen LogP contribution in [0.15, 0.2) is 4.99 Å². The van der Waals surface area contributed by atoms with E-state index in [4.69, 9.17) is 9.84 Å². The highest BCUT2D eigenvalue weighted by molar-refractivity contribution is 5.86. The summed E-state index contributed by atoms with van der Waals surface area (Å²) in [6, 6.07) is 0. The van der Waals surface area contributed by atoms with Crippen molar-refractivity contribution >= 4 is 11.9 Å². The lowest BCUT2D eigenvalue weighted by molar-refractivity contribution is -0.142. The molecule has 0 saturated carbocycles. The number of ether oxygens (including phenoxy) is 1. The molecule has 1 atom stereocenters. The fourth-order valence-corrected chi connectivity index (χ4v) is 0.767. The zero-order valence-electron chi connectivity index (χ0n) is 5.92. The number of nitrogens with zero attached hydrogens (tertiary/aromatic N) is 1. The number of carboxylic acid groups (broad SMARTS) is 1. The van der Waals surface area contributed by atoms with Gasteiger partial charge in [0.1, 0.15) is 6.61 Å². The summed E-state index contributed by atoms with van der Waals surface area (Å²) in [5, 5.41) is 8.60. The zero-order valence-corrected chi connectivity index (χ0v) is 5.92. The van der Waals surface area contributed by atoms with Crippen molar-refractivity contribution in [2.45, 2.75) is 19.4 Å². The Morgan fingerprint density at radius 2 is 2.50 bits per heavy atom. The Labute approximate surface area is 58.5 Å². The van der Waals surface area contributed by atoms with Crippen molar-refractivity contribution < 1.29 is 14.6 Å². The summed E-state index contributed by atoms with van der Waals surface area (Å²) in [7, 11) is 0. The van der Waals surface area contributed by atoms with Crippen molar-refractivity contribution in [2.24, 2.45) is 4.99 Å². The van der Waals surface area contributed by atoms with Crippen molar-refractivity contribution in [1.29, 1.82) is 0 Å². The van der Waals surface area contributed by atoms with E-state index in [0.717, 1.165) is 0 Å². The van der Waals surface area contributed by atoms with Crippen LogP contribution in [0.3, 0.4) is 0 Å². The summed E-state index contributed by atoms with van der Waals surface area (Å²) in [6.45, 7) is 3.33. The molecule has 0 fully saturated rings. The quantitative estimate of drug-likeness (QED) is 0.573. The average Bonchev–Trinajstić information content (AvgIpc) is 2.13. The van der Waals surface area contributed by atoms with E-state index < -0.39 is 11.5 Å². The molecule has 1 aliphatic rings. The first kappa shape index (κ1) is 7.05. The average molecular weight is 143 g/mol. The Morgan fingerprint density at radius 1 is 1.90 bits per heavy atom. The number of carboxylic acids is 1. The minimum atomic E-state index is -1.05. The molecule has 10 heavy (non-hydrogen) atoms. The molecule has 1 heterocycles. The van der Waals surface area contributed by atoms with Gasteiger partial charge in [0, 0.05) is 6.92 Å². The Morgan fingerprint density at radius 3 is 2.70 bits per heavy atom. The van der Waals surface area contributed by atoms with E-state index >= 15 is 0 Å². The molecular formula is C6H9NO3. The lowest BCUT2D eigenvalue weighted by atomic mass is 10.1. The van der Waals surface area contributed by atoms with Crippen molar-refractivity contribution in [3.63, 3.8) is 0 Å². The van der Waals surface area contributed by atoms with Crippen LogP contribution in [0.1, 0.15) is 13.8 Å². The molecule has 1 N–H and O–H groups in total. The third-order valence-electron chi connectivity index (χ3n) is 1.43. The normalized spacial score (nSPS) is 31.2. The Bertz CT molecular complexity index is 199. The Hall–Kier alpha value is -1.06. The molecular weight excluding hydrogens is 134 g/mol. The van der Waals surface area contributed by atoms with Crippen LogP contribution in [0.2, 0.25) is 0 Å². The van der Waals surface area contributed by atoms with Crippen molar-refractivity contribution in [1.82, 2.24) is 0 Å². The van der Waals surface area contributed by atoms with Gasteiger partial charge in [0.25, 0.3) is 0 Å². The van der Waals surface area contributed by atoms with E-state index in [0.29, 0.717) is 5.90 Å². The molecule has 0 aromatic rings. The molecule has 0 aromatic heterocycles. The number of hydrogen-bond acceptors (Lipinski definition) is 3. The molecule has 1 unspecified atom stereocenters. The van der Waals surface area contributed by atoms with Gasteiger partial charge in [-0.3, -0.25) is 0 Å². The third-order valence-corrected chi connectivity index (χ3v) is 1.43. The topological polar surface area (TPSA) is 58.9 Å². The van der Waals surface area contributed by atoms with E-state index in [1.54, 1.807) is 6.92 Å². The first-order valence-electron chi connectivity index (χ1n) is 2.97. The zero-order chi connectivity index (χ0) is 7.78. The maximum absolute atomic E-state index is 10.5. The molecule has 1 aliphatic heterocycles. The molecule has 1 rings (SSSR count). The fraction of sp³-hybridized carbons (Fsp3) is 0.667. The van der Waals surface area contributed by atoms with E-state index in [2.05, 4.69) is 4.99 Å². The number of carbonyl (C=O) groups is 1. The van der Waals surface area contributed by atoms with Gasteiger partial charge in [0.15, 0.2) is 11.4 Å². The minimum Gasteiger partial charge on any atom is -0.479 e. The van der Waals surface area contributed by atoms with E-state index in [1.165, 1.54) is 6.92 Å². The van der Waals surface area contributed by atoms with Crippen LogP contribution in [0.4, 0.5) is 0 Å². The summed E-state index contributed by atoms with van der Waals surface area (Å²) in [5.41, 5.74) is -1.05. The predicted octanol–water partition coefficient (Wildman–Crippen LogP) is 0.278. The van der Waals surface area contributed by atoms with Gasteiger partial charge in [0.2, 0.25) is 0 Å². The Kier molecular flexibility index (Phi) is 1.39. The number of hydrogen-bond donors (Lipinski definition) is 1. The van der Waals surface area contributed by atoms with Crippen LogP contribution in [0.5, 0.6) is 0 Å². The second kappa shape index (κ2) is 1.97. The van der Waals surface area contributed by atoms with E-state index in [1.807, 2.05) is 0 Å². The van der Waals surface area contributed by atoms with Crippen molar-refractivity contribution in [3.8, 4) is 0 Å². The van der Waals surface area contributed by atoms with Gasteiger partial charge in [-0.05, 0) is 6.92 Å². The second-order valence-corrected chi connectivity index (χ2v) is 2.50. The standard InChI is InChI=1S/C6H9NO3/c1-4-7-6(2,3-10-4)5(8)9/h3H2,1-2H3,(H,8,9). The SMILES string of the molecule is CC1=NC(C)(C(=O)O)CO1. The highest BCUT2D eigenvalue weighted by atomic mass is 16.5. The fourth-order valence-electron chi connectivity index (χ4n) is 0.767. The summed E-state index contributed by atoms with van der Waals surface area (Å²) in [6.07, 6.45) is 0. The van der Waals surface area contributed by atoms with Crippen LogP contribution in [0.25, 0.3) is 0 Å². The van der Waals surface area contributed by atoms with Gasteiger partial charge in [-0.25, -0.2) is 9.79 Å². The smallest absolute Gasteiger partial charge is 0.335 e. The van der Waals surface area contributed by atoms with E-state index in [9.17, 15) is 4.79 Å². The lowest BCUT2D eigenvalue weighted by Gasteiger charge is -2.10. The van der Waals surface area contributed by atoms with Crippen LogP contribution in [-0.4, -0.2) is 29.1 Å². The van der Waals surface area contributed by atoms with Gasteiger partial charge >= 0.3 is 5.97 Å². The van der Waals surface area contributed by atoms with E-state index in [-0.39, 0.29) is 6.61 Å². The van der Waals surface area contributed by atoms with Crippen LogP contribution in [-0.2, 0) is 9.53 Å². The van der Waals surface area contributed by atoms with Gasteiger partial charge in [-0.2, -0.15) is 0 Å². The summed E-state index contributed by atoms with van der Waals surface area (Å²) >= 11 is 0. The minimum absolute atomic E-state index is 0.147. The molecule has 0 saturated heterocycles. The molecule has 0 aromatic carbocycles. The highest BCUT2D eigenvalue weighted by Gasteiger charge is 2.37. The third kappa shape index (κ3) is 0.964. The van der Waals surface area contributed by atoms with Crippen molar-refractivity contribution in [3.05, 3.63) is 0 Å². The molecule has 4 nitrogen and oxygen atoms in total. The molecule has 0 aliphatic carbocycles. The van der Waals surface area contributed by atoms with Gasteiger partial charge < -0.3 is 9.84 Å². The first-order valence-corrected chi connectivity index (χ1v) is 2.97. The summed E-state index contributed by atoms with van der Waals surface area (Å²) < 4.78 is 4.90. The highest BCUT2D eigenvalue weighted by Crippen LogP contribution is 2.17. The first-order chi connectivity index (χ1) is 4.54. The number of rotatable bonds is 1. The maximum Gasteiger partial charge on any atom is 0.335 e. The predicted molar refractivity (Wildman–Crippen MR) is 35.1 cm³/mol. The lowest BCUT2D eigenvalue weighted by Crippen LogP contribution is -2.34.